The highest BCUT2D eigenvalue weighted by atomic mass is 35.5. The molecule has 0 bridgehead atoms. The summed E-state index contributed by atoms with van der Waals surface area (Å²) in [6, 6.07) is 4.43. The van der Waals surface area contributed by atoms with Crippen LogP contribution in [0.4, 0.5) is 0 Å². The standard InChI is InChI=1S/C12H14ClNO4S2/c1-7(10-3-4-12(13)19-10)14-20(16,17)11-5-9(6-15)18-8(11)2/h3-5,7,14-15H,6H2,1-2H3. The molecule has 1 atom stereocenters. The highest BCUT2D eigenvalue weighted by Gasteiger charge is 2.24. The quantitative estimate of drug-likeness (QED) is 0.880. The van der Waals surface area contributed by atoms with Crippen molar-refractivity contribution in [3.63, 3.8) is 0 Å². The van der Waals surface area contributed by atoms with Crippen LogP contribution >= 0.6 is 22.9 Å². The van der Waals surface area contributed by atoms with Crippen molar-refractivity contribution in [1.29, 1.82) is 0 Å². The molecule has 2 rings (SSSR count). The van der Waals surface area contributed by atoms with Crippen LogP contribution in [-0.2, 0) is 16.6 Å². The Hall–Kier alpha value is -0.860. The van der Waals surface area contributed by atoms with Crippen LogP contribution in [-0.4, -0.2) is 13.5 Å². The highest BCUT2D eigenvalue weighted by Crippen LogP contribution is 2.28. The Morgan fingerprint density at radius 3 is 2.70 bits per heavy atom. The van der Waals surface area contributed by atoms with E-state index in [1.165, 1.54) is 17.4 Å². The number of aliphatic hydroxyl groups excluding tert-OH is 1. The first-order chi connectivity index (χ1) is 9.33. The highest BCUT2D eigenvalue weighted by molar-refractivity contribution is 7.89. The fourth-order valence-electron chi connectivity index (χ4n) is 1.78. The van der Waals surface area contributed by atoms with E-state index in [0.29, 0.717) is 4.34 Å². The maximum atomic E-state index is 12.3. The van der Waals surface area contributed by atoms with E-state index in [2.05, 4.69) is 4.72 Å². The minimum atomic E-state index is -3.71. The number of aliphatic hydroxyl groups is 1. The Labute approximate surface area is 126 Å². The largest absolute Gasteiger partial charge is 0.462 e. The van der Waals surface area contributed by atoms with E-state index < -0.39 is 16.1 Å². The summed E-state index contributed by atoms with van der Waals surface area (Å²) in [7, 11) is -3.71. The van der Waals surface area contributed by atoms with Gasteiger partial charge in [0.25, 0.3) is 0 Å². The normalized spacial score (nSPS) is 13.6. The van der Waals surface area contributed by atoms with E-state index in [4.69, 9.17) is 21.1 Å². The number of hydrogen-bond donors (Lipinski definition) is 2. The van der Waals surface area contributed by atoms with E-state index in [0.717, 1.165) is 4.88 Å². The third-order valence-corrected chi connectivity index (χ3v) is 5.78. The first-order valence-corrected chi connectivity index (χ1v) is 8.49. The predicted octanol–water partition coefficient (Wildman–Crippen LogP) is 2.83. The van der Waals surface area contributed by atoms with Crippen molar-refractivity contribution in [2.45, 2.75) is 31.4 Å². The maximum absolute atomic E-state index is 12.3. The van der Waals surface area contributed by atoms with Gasteiger partial charge in [0.1, 0.15) is 23.0 Å². The van der Waals surface area contributed by atoms with Crippen LogP contribution in [0.25, 0.3) is 0 Å². The molecule has 0 saturated heterocycles. The van der Waals surface area contributed by atoms with Gasteiger partial charge in [0.2, 0.25) is 10.0 Å². The average Bonchev–Trinajstić information content (AvgIpc) is 2.95. The number of thiophene rings is 1. The molecule has 0 amide bonds. The molecule has 0 aliphatic rings. The number of nitrogens with one attached hydrogen (secondary N) is 1. The molecule has 110 valence electrons. The van der Waals surface area contributed by atoms with Crippen molar-refractivity contribution >= 4 is 33.0 Å². The van der Waals surface area contributed by atoms with Gasteiger partial charge in [-0.05, 0) is 26.0 Å². The van der Waals surface area contributed by atoms with Gasteiger partial charge in [0.15, 0.2) is 0 Å². The lowest BCUT2D eigenvalue weighted by atomic mass is 10.3. The van der Waals surface area contributed by atoms with Gasteiger partial charge in [-0.2, -0.15) is 0 Å². The topological polar surface area (TPSA) is 79.5 Å². The van der Waals surface area contributed by atoms with Crippen LogP contribution in [0.1, 0.15) is 29.4 Å². The second-order valence-electron chi connectivity index (χ2n) is 4.28. The van der Waals surface area contributed by atoms with Crippen molar-refractivity contribution in [3.05, 3.63) is 38.9 Å². The van der Waals surface area contributed by atoms with E-state index in [-0.39, 0.29) is 23.0 Å². The Kier molecular flexibility index (Phi) is 4.55. The van der Waals surface area contributed by atoms with E-state index in [1.807, 2.05) is 0 Å². The Balaban J connectivity index is 2.24. The van der Waals surface area contributed by atoms with Crippen LogP contribution in [0, 0.1) is 6.92 Å². The molecule has 1 unspecified atom stereocenters. The third kappa shape index (κ3) is 3.24. The molecular weight excluding hydrogens is 322 g/mol. The zero-order valence-electron chi connectivity index (χ0n) is 10.9. The molecule has 5 nitrogen and oxygen atoms in total. The van der Waals surface area contributed by atoms with E-state index in [9.17, 15) is 8.42 Å². The zero-order valence-corrected chi connectivity index (χ0v) is 13.3. The van der Waals surface area contributed by atoms with Gasteiger partial charge in [-0.1, -0.05) is 11.6 Å². The number of hydrogen-bond acceptors (Lipinski definition) is 5. The molecule has 0 aromatic carbocycles. The van der Waals surface area contributed by atoms with Gasteiger partial charge < -0.3 is 9.52 Å². The van der Waals surface area contributed by atoms with Gasteiger partial charge >= 0.3 is 0 Å². The Morgan fingerprint density at radius 1 is 1.50 bits per heavy atom. The summed E-state index contributed by atoms with van der Waals surface area (Å²) in [5.41, 5.74) is 0. The van der Waals surface area contributed by atoms with Gasteiger partial charge in [-0.15, -0.1) is 11.3 Å². The maximum Gasteiger partial charge on any atom is 0.244 e. The minimum Gasteiger partial charge on any atom is -0.462 e. The monoisotopic (exact) mass is 335 g/mol. The third-order valence-electron chi connectivity index (χ3n) is 2.72. The molecule has 2 N–H and O–H groups in total. The fraction of sp³-hybridized carbons (Fsp3) is 0.333. The SMILES string of the molecule is Cc1oc(CO)cc1S(=O)(=O)NC(C)c1ccc(Cl)s1. The molecule has 0 fully saturated rings. The fourth-order valence-corrected chi connectivity index (χ4v) is 4.35. The number of sulfonamides is 1. The number of furan rings is 1. The summed E-state index contributed by atoms with van der Waals surface area (Å²) >= 11 is 7.16. The lowest BCUT2D eigenvalue weighted by Crippen LogP contribution is -2.26. The molecule has 0 aliphatic heterocycles. The summed E-state index contributed by atoms with van der Waals surface area (Å²) in [6.45, 7) is 2.94. The van der Waals surface area contributed by atoms with E-state index >= 15 is 0 Å². The first kappa shape index (κ1) is 15.5. The van der Waals surface area contributed by atoms with Crippen molar-refractivity contribution in [3.8, 4) is 0 Å². The predicted molar refractivity (Wildman–Crippen MR) is 77.4 cm³/mol. The summed E-state index contributed by atoms with van der Waals surface area (Å²) in [5.74, 6) is 0.465. The molecule has 20 heavy (non-hydrogen) atoms. The lowest BCUT2D eigenvalue weighted by Gasteiger charge is -2.11. The number of halogens is 1. The summed E-state index contributed by atoms with van der Waals surface area (Å²) in [4.78, 5) is 0.859. The van der Waals surface area contributed by atoms with Crippen LogP contribution < -0.4 is 4.72 Å². The molecule has 2 heterocycles. The van der Waals surface area contributed by atoms with Crippen LogP contribution in [0.5, 0.6) is 0 Å². The molecule has 2 aromatic rings. The molecular formula is C12H14ClNO4S2. The molecule has 0 radical (unpaired) electrons. The summed E-state index contributed by atoms with van der Waals surface area (Å²) < 4.78 is 32.9. The van der Waals surface area contributed by atoms with Crippen molar-refractivity contribution in [1.82, 2.24) is 4.72 Å². The van der Waals surface area contributed by atoms with Crippen molar-refractivity contribution < 1.29 is 17.9 Å². The Morgan fingerprint density at radius 2 is 2.20 bits per heavy atom. The molecule has 0 saturated carbocycles. The molecule has 0 aliphatic carbocycles. The van der Waals surface area contributed by atoms with Gasteiger partial charge in [0, 0.05) is 10.9 Å². The van der Waals surface area contributed by atoms with Crippen molar-refractivity contribution in [2.24, 2.45) is 0 Å². The number of aryl methyl sites for hydroxylation is 1. The second kappa shape index (κ2) is 5.87. The second-order valence-corrected chi connectivity index (χ2v) is 7.71. The average molecular weight is 336 g/mol. The molecule has 8 heteroatoms. The summed E-state index contributed by atoms with van der Waals surface area (Å²) in [5, 5.41) is 8.98. The molecule has 0 spiro atoms. The van der Waals surface area contributed by atoms with Gasteiger partial charge in [0.05, 0.1) is 10.4 Å². The Bertz CT molecular complexity index is 705. The summed E-state index contributed by atoms with van der Waals surface area (Å²) in [6.07, 6.45) is 0. The lowest BCUT2D eigenvalue weighted by molar-refractivity contribution is 0.244. The number of rotatable bonds is 5. The van der Waals surface area contributed by atoms with Gasteiger partial charge in [-0.25, -0.2) is 13.1 Å². The van der Waals surface area contributed by atoms with Crippen LogP contribution in [0.15, 0.2) is 27.5 Å². The minimum absolute atomic E-state index is 0.0380. The first-order valence-electron chi connectivity index (χ1n) is 5.81. The van der Waals surface area contributed by atoms with Crippen molar-refractivity contribution in [2.75, 3.05) is 0 Å². The molecule has 2 aromatic heterocycles. The van der Waals surface area contributed by atoms with Crippen LogP contribution in [0.2, 0.25) is 4.34 Å². The zero-order chi connectivity index (χ0) is 14.9. The van der Waals surface area contributed by atoms with Gasteiger partial charge in [-0.3, -0.25) is 0 Å². The van der Waals surface area contributed by atoms with E-state index in [1.54, 1.807) is 26.0 Å². The smallest absolute Gasteiger partial charge is 0.244 e. The van der Waals surface area contributed by atoms with Crippen LogP contribution in [0.3, 0.4) is 0 Å².